The van der Waals surface area contributed by atoms with Crippen LogP contribution in [0.4, 0.5) is 5.13 Å². The number of ether oxygens (including phenoxy) is 1. The van der Waals surface area contributed by atoms with Crippen LogP contribution >= 0.6 is 11.3 Å². The van der Waals surface area contributed by atoms with E-state index in [0.29, 0.717) is 17.4 Å². The van der Waals surface area contributed by atoms with E-state index in [0.717, 1.165) is 16.9 Å². The number of carbonyl (C=O) groups is 2. The lowest BCUT2D eigenvalue weighted by Gasteiger charge is -2.09. The lowest BCUT2D eigenvalue weighted by molar-refractivity contribution is -0.120. The van der Waals surface area contributed by atoms with Crippen molar-refractivity contribution in [2.45, 2.75) is 19.4 Å². The molecule has 0 aliphatic heterocycles. The average molecular weight is 395 g/mol. The Morgan fingerprint density at radius 2 is 1.75 bits per heavy atom. The SMILES string of the molecule is COc1ccccc1CNC(=O)Cc1csc(NC(=O)Cc2ccccc2)n1. The van der Waals surface area contributed by atoms with E-state index in [-0.39, 0.29) is 24.7 Å². The first-order valence-electron chi connectivity index (χ1n) is 8.81. The fourth-order valence-electron chi connectivity index (χ4n) is 2.66. The second-order valence-electron chi connectivity index (χ2n) is 6.12. The Morgan fingerprint density at radius 3 is 2.54 bits per heavy atom. The van der Waals surface area contributed by atoms with Crippen LogP contribution in [0.15, 0.2) is 60.0 Å². The molecule has 1 aromatic heterocycles. The molecule has 2 N–H and O–H groups in total. The second kappa shape index (κ2) is 9.66. The highest BCUT2D eigenvalue weighted by atomic mass is 32.1. The molecule has 0 radical (unpaired) electrons. The number of aromatic nitrogens is 1. The van der Waals surface area contributed by atoms with Crippen molar-refractivity contribution in [1.29, 1.82) is 0 Å². The van der Waals surface area contributed by atoms with E-state index in [9.17, 15) is 9.59 Å². The van der Waals surface area contributed by atoms with Gasteiger partial charge in [0, 0.05) is 17.5 Å². The Labute approximate surface area is 167 Å². The molecule has 2 amide bonds. The van der Waals surface area contributed by atoms with Gasteiger partial charge < -0.3 is 15.4 Å². The van der Waals surface area contributed by atoms with Crippen molar-refractivity contribution in [1.82, 2.24) is 10.3 Å². The summed E-state index contributed by atoms with van der Waals surface area (Å²) in [6.45, 7) is 0.383. The van der Waals surface area contributed by atoms with Gasteiger partial charge in [-0.05, 0) is 11.6 Å². The Morgan fingerprint density at radius 1 is 1.00 bits per heavy atom. The molecule has 0 aliphatic carbocycles. The number of hydrogen-bond donors (Lipinski definition) is 2. The summed E-state index contributed by atoms with van der Waals surface area (Å²) in [5.41, 5.74) is 2.47. The van der Waals surface area contributed by atoms with E-state index in [1.165, 1.54) is 11.3 Å². The zero-order valence-electron chi connectivity index (χ0n) is 15.5. The number of hydrogen-bond acceptors (Lipinski definition) is 5. The highest BCUT2D eigenvalue weighted by Crippen LogP contribution is 2.18. The van der Waals surface area contributed by atoms with Gasteiger partial charge in [0.1, 0.15) is 5.75 Å². The van der Waals surface area contributed by atoms with Gasteiger partial charge in [0.25, 0.3) is 0 Å². The minimum atomic E-state index is -0.140. The van der Waals surface area contributed by atoms with E-state index >= 15 is 0 Å². The van der Waals surface area contributed by atoms with Crippen molar-refractivity contribution in [2.75, 3.05) is 12.4 Å². The molecule has 0 aliphatic rings. The largest absolute Gasteiger partial charge is 0.496 e. The molecule has 0 atom stereocenters. The third-order valence-electron chi connectivity index (χ3n) is 4.02. The van der Waals surface area contributed by atoms with Crippen molar-refractivity contribution in [3.8, 4) is 5.75 Å². The molecule has 6 nitrogen and oxygen atoms in total. The molecule has 0 spiro atoms. The van der Waals surface area contributed by atoms with Gasteiger partial charge in [-0.3, -0.25) is 9.59 Å². The van der Waals surface area contributed by atoms with Crippen LogP contribution in [0, 0.1) is 0 Å². The smallest absolute Gasteiger partial charge is 0.230 e. The van der Waals surface area contributed by atoms with Crippen molar-refractivity contribution in [3.05, 3.63) is 76.8 Å². The Kier molecular flexibility index (Phi) is 6.75. The number of para-hydroxylation sites is 1. The molecule has 1 heterocycles. The number of methoxy groups -OCH3 is 1. The average Bonchev–Trinajstić information content (AvgIpc) is 3.13. The molecule has 3 aromatic rings. The lowest BCUT2D eigenvalue weighted by Crippen LogP contribution is -2.25. The zero-order chi connectivity index (χ0) is 19.8. The Hall–Kier alpha value is -3.19. The monoisotopic (exact) mass is 395 g/mol. The normalized spacial score (nSPS) is 10.3. The predicted octanol–water partition coefficient (Wildman–Crippen LogP) is 3.19. The van der Waals surface area contributed by atoms with Crippen LogP contribution in [0.1, 0.15) is 16.8 Å². The summed E-state index contributed by atoms with van der Waals surface area (Å²) in [6.07, 6.45) is 0.440. The molecule has 28 heavy (non-hydrogen) atoms. The third kappa shape index (κ3) is 5.65. The summed E-state index contributed by atoms with van der Waals surface area (Å²) in [7, 11) is 1.60. The maximum Gasteiger partial charge on any atom is 0.230 e. The van der Waals surface area contributed by atoms with Gasteiger partial charge in [0.15, 0.2) is 5.13 Å². The van der Waals surface area contributed by atoms with Gasteiger partial charge in [0.2, 0.25) is 11.8 Å². The van der Waals surface area contributed by atoms with E-state index in [1.807, 2.05) is 54.6 Å². The van der Waals surface area contributed by atoms with Crippen molar-refractivity contribution < 1.29 is 14.3 Å². The first-order valence-corrected chi connectivity index (χ1v) is 9.69. The van der Waals surface area contributed by atoms with E-state index in [1.54, 1.807) is 12.5 Å². The molecule has 0 fully saturated rings. The fraction of sp³-hybridized carbons (Fsp3) is 0.190. The number of nitrogens with one attached hydrogen (secondary N) is 2. The molecule has 0 unspecified atom stereocenters. The first-order chi connectivity index (χ1) is 13.6. The fourth-order valence-corrected chi connectivity index (χ4v) is 3.39. The van der Waals surface area contributed by atoms with Gasteiger partial charge in [-0.25, -0.2) is 4.98 Å². The number of nitrogens with zero attached hydrogens (tertiary/aromatic N) is 1. The predicted molar refractivity (Wildman–Crippen MR) is 109 cm³/mol. The summed E-state index contributed by atoms with van der Waals surface area (Å²) < 4.78 is 5.28. The lowest BCUT2D eigenvalue weighted by atomic mass is 10.1. The minimum absolute atomic E-state index is 0.132. The molecule has 7 heteroatoms. The number of benzene rings is 2. The van der Waals surface area contributed by atoms with Crippen LogP contribution < -0.4 is 15.4 Å². The standard InChI is InChI=1S/C21H21N3O3S/c1-27-18-10-6-5-9-16(18)13-22-19(25)12-17-14-28-21(23-17)24-20(26)11-15-7-3-2-4-8-15/h2-10,14H,11-13H2,1H3,(H,22,25)(H,23,24,26). The van der Waals surface area contributed by atoms with E-state index in [4.69, 9.17) is 4.74 Å². The van der Waals surface area contributed by atoms with Crippen molar-refractivity contribution in [3.63, 3.8) is 0 Å². The van der Waals surface area contributed by atoms with Crippen LogP contribution in [0.2, 0.25) is 0 Å². The summed E-state index contributed by atoms with van der Waals surface area (Å²) in [4.78, 5) is 28.6. The summed E-state index contributed by atoms with van der Waals surface area (Å²) in [6, 6.07) is 17.0. The molecule has 0 saturated carbocycles. The van der Waals surface area contributed by atoms with E-state index in [2.05, 4.69) is 15.6 Å². The summed E-state index contributed by atoms with van der Waals surface area (Å²) in [5.74, 6) is 0.464. The first kappa shape index (κ1) is 19.6. The van der Waals surface area contributed by atoms with Gasteiger partial charge in [0.05, 0.1) is 25.6 Å². The van der Waals surface area contributed by atoms with Crippen molar-refractivity contribution in [2.24, 2.45) is 0 Å². The molecule has 3 rings (SSSR count). The van der Waals surface area contributed by atoms with E-state index < -0.39 is 0 Å². The summed E-state index contributed by atoms with van der Waals surface area (Å²) in [5, 5.41) is 7.91. The third-order valence-corrected chi connectivity index (χ3v) is 4.82. The maximum absolute atomic E-state index is 12.2. The van der Waals surface area contributed by atoms with Crippen LogP contribution in [0.5, 0.6) is 5.75 Å². The highest BCUT2D eigenvalue weighted by molar-refractivity contribution is 7.13. The van der Waals surface area contributed by atoms with Crippen LogP contribution in [-0.2, 0) is 29.0 Å². The molecule has 0 bridgehead atoms. The molecule has 144 valence electrons. The van der Waals surface area contributed by atoms with Gasteiger partial charge in [-0.15, -0.1) is 11.3 Å². The molecular weight excluding hydrogens is 374 g/mol. The molecular formula is C21H21N3O3S. The van der Waals surface area contributed by atoms with Gasteiger partial charge in [-0.1, -0.05) is 48.5 Å². The quantitative estimate of drug-likeness (QED) is 0.614. The topological polar surface area (TPSA) is 80.3 Å². The van der Waals surface area contributed by atoms with Crippen molar-refractivity contribution >= 4 is 28.3 Å². The molecule has 2 aromatic carbocycles. The minimum Gasteiger partial charge on any atom is -0.496 e. The van der Waals surface area contributed by atoms with Crippen LogP contribution in [-0.4, -0.2) is 23.9 Å². The number of anilines is 1. The Balaban J connectivity index is 1.48. The molecule has 0 saturated heterocycles. The van der Waals surface area contributed by atoms with Crippen LogP contribution in [0.25, 0.3) is 0 Å². The number of rotatable bonds is 8. The number of thiazole rings is 1. The second-order valence-corrected chi connectivity index (χ2v) is 6.98. The Bertz CT molecular complexity index is 941. The highest BCUT2D eigenvalue weighted by Gasteiger charge is 2.11. The summed E-state index contributed by atoms with van der Waals surface area (Å²) >= 11 is 1.31. The number of amides is 2. The van der Waals surface area contributed by atoms with Crippen LogP contribution in [0.3, 0.4) is 0 Å². The van der Waals surface area contributed by atoms with Gasteiger partial charge in [-0.2, -0.15) is 0 Å². The zero-order valence-corrected chi connectivity index (χ0v) is 16.3. The van der Waals surface area contributed by atoms with Gasteiger partial charge >= 0.3 is 0 Å². The number of carbonyl (C=O) groups excluding carboxylic acids is 2. The maximum atomic E-state index is 12.2.